The van der Waals surface area contributed by atoms with E-state index in [2.05, 4.69) is 158 Å². The summed E-state index contributed by atoms with van der Waals surface area (Å²) in [6.45, 7) is 0. The molecule has 0 saturated carbocycles. The first kappa shape index (κ1) is 29.5. The molecule has 0 saturated heterocycles. The smallest absolute Gasteiger partial charge is 0.163 e. The van der Waals surface area contributed by atoms with Gasteiger partial charge in [-0.2, -0.15) is 0 Å². The number of para-hydroxylation sites is 1. The van der Waals surface area contributed by atoms with Crippen LogP contribution in [0, 0.1) is 0 Å². The second kappa shape index (κ2) is 12.2. The summed E-state index contributed by atoms with van der Waals surface area (Å²) < 4.78 is 6.64. The minimum atomic E-state index is 0.102. The van der Waals surface area contributed by atoms with Crippen molar-refractivity contribution in [2.75, 3.05) is 0 Å². The molecule has 6 aromatic carbocycles. The number of benzene rings is 6. The van der Waals surface area contributed by atoms with Gasteiger partial charge in [0.1, 0.15) is 17.0 Å². The molecule has 0 N–H and O–H groups in total. The zero-order valence-electron chi connectivity index (χ0n) is 28.0. The number of furan rings is 1. The second-order valence-electron chi connectivity index (χ2n) is 13.4. The number of hydrogen-bond acceptors (Lipinski definition) is 4. The molecule has 4 nitrogen and oxygen atoms in total. The zero-order valence-corrected chi connectivity index (χ0v) is 28.0. The fourth-order valence-corrected chi connectivity index (χ4v) is 7.91. The summed E-state index contributed by atoms with van der Waals surface area (Å²) in [7, 11) is 0. The average molecular weight is 656 g/mol. The van der Waals surface area contributed by atoms with E-state index in [4.69, 9.17) is 19.4 Å². The molecule has 242 valence electrons. The van der Waals surface area contributed by atoms with Crippen molar-refractivity contribution in [3.8, 4) is 22.5 Å². The summed E-state index contributed by atoms with van der Waals surface area (Å²) in [6.07, 6.45) is 11.1. The summed E-state index contributed by atoms with van der Waals surface area (Å²) in [6, 6.07) is 47.1. The van der Waals surface area contributed by atoms with Crippen LogP contribution >= 0.6 is 0 Å². The van der Waals surface area contributed by atoms with E-state index in [9.17, 15) is 0 Å². The molecule has 0 radical (unpaired) electrons. The molecular formula is C47H33N3O. The van der Waals surface area contributed by atoms with Gasteiger partial charge in [0.15, 0.2) is 11.6 Å². The Kier molecular flexibility index (Phi) is 7.05. The van der Waals surface area contributed by atoms with Gasteiger partial charge in [-0.1, -0.05) is 146 Å². The van der Waals surface area contributed by atoms with Gasteiger partial charge >= 0.3 is 0 Å². The lowest BCUT2D eigenvalue weighted by Gasteiger charge is -2.19. The van der Waals surface area contributed by atoms with E-state index in [1.807, 2.05) is 0 Å². The number of nitrogens with zero attached hydrogens (tertiary/aromatic N) is 3. The molecular weight excluding hydrogens is 623 g/mol. The normalized spacial score (nSPS) is 15.6. The maximum Gasteiger partial charge on any atom is 0.163 e. The highest BCUT2D eigenvalue weighted by atomic mass is 16.3. The van der Waals surface area contributed by atoms with Gasteiger partial charge in [-0.25, -0.2) is 15.0 Å². The molecule has 0 aliphatic heterocycles. The molecule has 0 bridgehead atoms. The molecule has 0 spiro atoms. The van der Waals surface area contributed by atoms with Crippen LogP contribution in [-0.4, -0.2) is 15.0 Å². The highest BCUT2D eigenvalue weighted by Crippen LogP contribution is 2.40. The monoisotopic (exact) mass is 655 g/mol. The third-order valence-corrected chi connectivity index (χ3v) is 10.4. The maximum absolute atomic E-state index is 6.64. The summed E-state index contributed by atoms with van der Waals surface area (Å²) in [4.78, 5) is 15.5. The Balaban J connectivity index is 1.19. The summed E-state index contributed by atoms with van der Waals surface area (Å²) in [5.74, 6) is 2.39. The standard InChI is InChI=1S/C47H33N3O/c1-3-14-31(15-4-1)35-21-11-23-41-43-39(22-12-24-42(43)51-44(35)41)38-27-28-40(37-20-10-9-19-36(37)38)47-49-45(32-16-5-2-6-17-32)48-46(50-47)34-26-25-30-13-7-8-18-33(30)29-34/h1-16,18-26,29,32H,17,27-28H2. The highest BCUT2D eigenvalue weighted by Gasteiger charge is 2.23. The van der Waals surface area contributed by atoms with Crippen molar-refractivity contribution in [2.24, 2.45) is 0 Å². The molecule has 2 aliphatic carbocycles. The first-order valence-corrected chi connectivity index (χ1v) is 17.7. The van der Waals surface area contributed by atoms with Gasteiger partial charge in [-0.05, 0) is 69.3 Å². The van der Waals surface area contributed by atoms with Gasteiger partial charge in [-0.15, -0.1) is 0 Å². The molecule has 2 heterocycles. The molecule has 1 atom stereocenters. The first-order valence-electron chi connectivity index (χ1n) is 17.7. The maximum atomic E-state index is 6.64. The Hall–Kier alpha value is -6.39. The summed E-state index contributed by atoms with van der Waals surface area (Å²) in [5, 5.41) is 7.07. The second-order valence-corrected chi connectivity index (χ2v) is 13.4. The van der Waals surface area contributed by atoms with Gasteiger partial charge in [0.05, 0.1) is 0 Å². The van der Waals surface area contributed by atoms with Crippen LogP contribution in [-0.2, 0) is 0 Å². The van der Waals surface area contributed by atoms with Crippen LogP contribution in [0.2, 0.25) is 0 Å². The van der Waals surface area contributed by atoms with Gasteiger partial charge < -0.3 is 4.42 Å². The molecule has 51 heavy (non-hydrogen) atoms. The van der Waals surface area contributed by atoms with Crippen LogP contribution in [0.15, 0.2) is 162 Å². The number of hydrogen-bond donors (Lipinski definition) is 0. The van der Waals surface area contributed by atoms with E-state index in [1.54, 1.807) is 0 Å². The Bertz CT molecular complexity index is 2840. The fourth-order valence-electron chi connectivity index (χ4n) is 7.91. The molecule has 8 aromatic rings. The van der Waals surface area contributed by atoms with E-state index in [-0.39, 0.29) is 5.92 Å². The lowest BCUT2D eigenvalue weighted by atomic mass is 9.87. The third-order valence-electron chi connectivity index (χ3n) is 10.4. The quantitative estimate of drug-likeness (QED) is 0.185. The Morgan fingerprint density at radius 2 is 1.29 bits per heavy atom. The SMILES string of the molecule is C1=CCC(c2nc(C3=c4ccccc4=C(c4cccc5oc6c(-c7ccccc7)cccc6c45)CC3)nc(-c3ccc4ccccc4c3)n2)C=C1. The lowest BCUT2D eigenvalue weighted by Crippen LogP contribution is -2.33. The Morgan fingerprint density at radius 1 is 0.549 bits per heavy atom. The molecule has 10 rings (SSSR count). The number of aromatic nitrogens is 3. The molecule has 2 aliphatic rings. The molecule has 4 heteroatoms. The van der Waals surface area contributed by atoms with Gasteiger partial charge in [0.2, 0.25) is 0 Å². The van der Waals surface area contributed by atoms with E-state index < -0.39 is 0 Å². The predicted octanol–water partition coefficient (Wildman–Crippen LogP) is 10.0. The van der Waals surface area contributed by atoms with Crippen LogP contribution in [0.5, 0.6) is 0 Å². The molecule has 0 amide bonds. The third kappa shape index (κ3) is 5.11. The van der Waals surface area contributed by atoms with Crippen molar-refractivity contribution in [3.05, 3.63) is 185 Å². The van der Waals surface area contributed by atoms with Gasteiger partial charge in [-0.3, -0.25) is 0 Å². The molecule has 2 aromatic heterocycles. The average Bonchev–Trinajstić information content (AvgIpc) is 3.60. The fraction of sp³-hybridized carbons (Fsp3) is 0.0851. The largest absolute Gasteiger partial charge is 0.455 e. The Labute approximate surface area is 295 Å². The van der Waals surface area contributed by atoms with Crippen molar-refractivity contribution in [1.82, 2.24) is 15.0 Å². The number of allylic oxidation sites excluding steroid dienone is 4. The Morgan fingerprint density at radius 3 is 2.16 bits per heavy atom. The van der Waals surface area contributed by atoms with Crippen LogP contribution in [0.4, 0.5) is 0 Å². The van der Waals surface area contributed by atoms with Crippen LogP contribution in [0.25, 0.3) is 66.4 Å². The van der Waals surface area contributed by atoms with E-state index in [0.29, 0.717) is 5.82 Å². The molecule has 0 fully saturated rings. The van der Waals surface area contributed by atoms with E-state index >= 15 is 0 Å². The lowest BCUT2D eigenvalue weighted by molar-refractivity contribution is 0.670. The summed E-state index contributed by atoms with van der Waals surface area (Å²) >= 11 is 0. The van der Waals surface area contributed by atoms with Crippen LogP contribution in [0.1, 0.15) is 42.4 Å². The van der Waals surface area contributed by atoms with E-state index in [0.717, 1.165) is 75.1 Å². The van der Waals surface area contributed by atoms with Crippen molar-refractivity contribution in [3.63, 3.8) is 0 Å². The zero-order chi connectivity index (χ0) is 33.7. The topological polar surface area (TPSA) is 51.8 Å². The van der Waals surface area contributed by atoms with Crippen LogP contribution in [0.3, 0.4) is 0 Å². The van der Waals surface area contributed by atoms with Crippen LogP contribution < -0.4 is 10.4 Å². The summed E-state index contributed by atoms with van der Waals surface area (Å²) in [5.41, 5.74) is 8.78. The van der Waals surface area contributed by atoms with Crippen molar-refractivity contribution < 1.29 is 4.42 Å². The minimum Gasteiger partial charge on any atom is -0.455 e. The van der Waals surface area contributed by atoms with Crippen molar-refractivity contribution in [1.29, 1.82) is 0 Å². The van der Waals surface area contributed by atoms with E-state index in [1.165, 1.54) is 32.3 Å². The minimum absolute atomic E-state index is 0.102. The predicted molar refractivity (Wildman–Crippen MR) is 208 cm³/mol. The van der Waals surface area contributed by atoms with Crippen molar-refractivity contribution in [2.45, 2.75) is 25.2 Å². The van der Waals surface area contributed by atoms with Gasteiger partial charge in [0, 0.05) is 33.4 Å². The molecule has 1 unspecified atom stereocenters. The number of fused-ring (bicyclic) bond motifs is 5. The van der Waals surface area contributed by atoms with Crippen molar-refractivity contribution >= 4 is 43.9 Å². The first-order chi connectivity index (χ1) is 25.3. The van der Waals surface area contributed by atoms with Gasteiger partial charge in [0.25, 0.3) is 0 Å². The highest BCUT2D eigenvalue weighted by molar-refractivity contribution is 6.13. The number of rotatable bonds is 5.